The molecule has 122 valence electrons. The fourth-order valence-electron chi connectivity index (χ4n) is 2.80. The summed E-state index contributed by atoms with van der Waals surface area (Å²) in [6, 6.07) is 0. The Kier molecular flexibility index (Phi) is 11.5. The van der Waals surface area contributed by atoms with E-state index < -0.39 is 0 Å². The minimum atomic E-state index is 0.0699. The summed E-state index contributed by atoms with van der Waals surface area (Å²) in [6.07, 6.45) is 14.7. The number of alkyl halides is 2. The molecule has 0 atom stereocenters. The summed E-state index contributed by atoms with van der Waals surface area (Å²) >= 11 is 13.1. The summed E-state index contributed by atoms with van der Waals surface area (Å²) in [5.41, 5.74) is 0. The van der Waals surface area contributed by atoms with Gasteiger partial charge in [-0.3, -0.25) is 0 Å². The van der Waals surface area contributed by atoms with Crippen molar-refractivity contribution in [2.24, 2.45) is 0 Å². The average molecular weight is 323 g/mol. The Morgan fingerprint density at radius 2 is 0.750 bits per heavy atom. The summed E-state index contributed by atoms with van der Waals surface area (Å²) in [6.45, 7) is 8.82. The molecule has 0 heterocycles. The maximum absolute atomic E-state index is 6.54. The van der Waals surface area contributed by atoms with E-state index in [1.54, 1.807) is 0 Å². The first-order chi connectivity index (χ1) is 9.45. The normalized spacial score (nSPS) is 12.9. The lowest BCUT2D eigenvalue weighted by Crippen LogP contribution is -2.18. The van der Waals surface area contributed by atoms with Gasteiger partial charge in [-0.2, -0.15) is 0 Å². The molecule has 0 aliphatic carbocycles. The molecule has 0 aromatic heterocycles. The Hall–Kier alpha value is 0.580. The fourth-order valence-corrected chi connectivity index (χ4v) is 3.07. The largest absolute Gasteiger partial charge is 0.119 e. The molecular weight excluding hydrogens is 287 g/mol. The van der Waals surface area contributed by atoms with Crippen LogP contribution < -0.4 is 0 Å². The van der Waals surface area contributed by atoms with Gasteiger partial charge >= 0.3 is 0 Å². The van der Waals surface area contributed by atoms with Crippen LogP contribution in [0.4, 0.5) is 0 Å². The molecule has 0 nitrogen and oxygen atoms in total. The molecule has 0 aliphatic rings. The van der Waals surface area contributed by atoms with Crippen LogP contribution in [0.1, 0.15) is 105 Å². The van der Waals surface area contributed by atoms with E-state index in [1.807, 2.05) is 0 Å². The van der Waals surface area contributed by atoms with Crippen LogP contribution in [0.15, 0.2) is 0 Å². The van der Waals surface area contributed by atoms with Gasteiger partial charge in [0.2, 0.25) is 0 Å². The first-order valence-corrected chi connectivity index (χ1v) is 9.58. The second kappa shape index (κ2) is 11.2. The third kappa shape index (κ3) is 8.78. The molecule has 0 aromatic rings. The van der Waals surface area contributed by atoms with Gasteiger partial charge in [-0.15, -0.1) is 23.2 Å². The molecule has 0 saturated carbocycles. The first-order valence-electron chi connectivity index (χ1n) is 8.83. The third-order valence-electron chi connectivity index (χ3n) is 5.03. The molecule has 0 radical (unpaired) electrons. The van der Waals surface area contributed by atoms with Gasteiger partial charge in [0.15, 0.2) is 0 Å². The Balaban J connectivity index is 3.50. The molecule has 0 amide bonds. The average Bonchev–Trinajstić information content (AvgIpc) is 2.49. The molecule has 0 rings (SSSR count). The lowest BCUT2D eigenvalue weighted by Gasteiger charge is -2.24. The quantitative estimate of drug-likeness (QED) is 0.240. The van der Waals surface area contributed by atoms with E-state index in [0.29, 0.717) is 0 Å². The number of hydrogen-bond acceptors (Lipinski definition) is 0. The minimum Gasteiger partial charge on any atom is -0.119 e. The maximum atomic E-state index is 6.54. The van der Waals surface area contributed by atoms with E-state index in [9.17, 15) is 0 Å². The number of halogens is 2. The lowest BCUT2D eigenvalue weighted by molar-refractivity contribution is 0.444. The van der Waals surface area contributed by atoms with Gasteiger partial charge in [-0.25, -0.2) is 0 Å². The Bertz CT molecular complexity index is 193. The second-order valence-electron chi connectivity index (χ2n) is 6.34. The Morgan fingerprint density at radius 3 is 1.00 bits per heavy atom. The van der Waals surface area contributed by atoms with Crippen LogP contribution in [0.2, 0.25) is 0 Å². The molecule has 0 aromatic carbocycles. The Labute approximate surface area is 138 Å². The van der Waals surface area contributed by atoms with Gasteiger partial charge in [-0.05, 0) is 38.5 Å². The van der Waals surface area contributed by atoms with Crippen molar-refractivity contribution >= 4 is 23.2 Å². The van der Waals surface area contributed by atoms with Crippen molar-refractivity contribution in [3.63, 3.8) is 0 Å². The van der Waals surface area contributed by atoms with Crippen LogP contribution in [0.5, 0.6) is 0 Å². The van der Waals surface area contributed by atoms with E-state index in [4.69, 9.17) is 23.2 Å². The lowest BCUT2D eigenvalue weighted by atomic mass is 9.93. The van der Waals surface area contributed by atoms with E-state index in [1.165, 1.54) is 51.4 Å². The monoisotopic (exact) mass is 322 g/mol. The molecule has 0 spiro atoms. The minimum absolute atomic E-state index is 0.0699. The van der Waals surface area contributed by atoms with Gasteiger partial charge < -0.3 is 0 Å². The fraction of sp³-hybridized carbons (Fsp3) is 1.00. The predicted octanol–water partition coefficient (Wildman–Crippen LogP) is 7.70. The van der Waals surface area contributed by atoms with Gasteiger partial charge in [0.1, 0.15) is 0 Å². The van der Waals surface area contributed by atoms with Gasteiger partial charge in [-0.1, -0.05) is 66.2 Å². The van der Waals surface area contributed by atoms with Gasteiger partial charge in [0.05, 0.1) is 0 Å². The highest BCUT2D eigenvalue weighted by molar-refractivity contribution is 6.24. The summed E-state index contributed by atoms with van der Waals surface area (Å²) in [5, 5.41) is 0. The molecule has 0 aliphatic heterocycles. The zero-order chi connectivity index (χ0) is 15.5. The Morgan fingerprint density at radius 1 is 0.500 bits per heavy atom. The van der Waals surface area contributed by atoms with Crippen molar-refractivity contribution in [1.82, 2.24) is 0 Å². The van der Waals surface area contributed by atoms with Crippen LogP contribution in [0.25, 0.3) is 0 Å². The molecule has 2 heteroatoms. The van der Waals surface area contributed by atoms with E-state index >= 15 is 0 Å². The van der Waals surface area contributed by atoms with Crippen LogP contribution in [-0.2, 0) is 0 Å². The number of hydrogen-bond donors (Lipinski definition) is 0. The molecular formula is C18H36Cl2. The molecule has 0 fully saturated rings. The van der Waals surface area contributed by atoms with Crippen molar-refractivity contribution in [1.29, 1.82) is 0 Å². The van der Waals surface area contributed by atoms with Crippen molar-refractivity contribution in [3.05, 3.63) is 0 Å². The molecule has 0 bridgehead atoms. The van der Waals surface area contributed by atoms with Gasteiger partial charge in [0, 0.05) is 9.75 Å². The third-order valence-corrected chi connectivity index (χ3v) is 6.48. The van der Waals surface area contributed by atoms with Crippen LogP contribution in [0, 0.1) is 0 Å². The zero-order valence-electron chi connectivity index (χ0n) is 14.2. The van der Waals surface area contributed by atoms with Crippen molar-refractivity contribution in [2.75, 3.05) is 0 Å². The zero-order valence-corrected chi connectivity index (χ0v) is 15.8. The summed E-state index contributed by atoms with van der Waals surface area (Å²) in [7, 11) is 0. The summed E-state index contributed by atoms with van der Waals surface area (Å²) < 4.78 is 0. The van der Waals surface area contributed by atoms with Crippen LogP contribution in [-0.4, -0.2) is 9.75 Å². The standard InChI is InChI=1S/C18H36Cl2/c1-5-17(19,6-2)15-13-11-9-10-12-14-16-18(20,7-3)8-4/h5-16H2,1-4H3. The molecule has 0 N–H and O–H groups in total. The molecule has 0 saturated heterocycles. The molecule has 20 heavy (non-hydrogen) atoms. The predicted molar refractivity (Wildman–Crippen MR) is 95.3 cm³/mol. The van der Waals surface area contributed by atoms with Gasteiger partial charge in [0.25, 0.3) is 0 Å². The highest BCUT2D eigenvalue weighted by atomic mass is 35.5. The van der Waals surface area contributed by atoms with Crippen LogP contribution in [0.3, 0.4) is 0 Å². The maximum Gasteiger partial charge on any atom is 0.0441 e. The highest BCUT2D eigenvalue weighted by Crippen LogP contribution is 2.31. The number of rotatable bonds is 13. The number of unbranched alkanes of at least 4 members (excludes halogenated alkanes) is 5. The summed E-state index contributed by atoms with van der Waals surface area (Å²) in [4.78, 5) is 0.140. The smallest absolute Gasteiger partial charge is 0.0441 e. The van der Waals surface area contributed by atoms with Crippen molar-refractivity contribution in [2.45, 2.75) is 114 Å². The van der Waals surface area contributed by atoms with Crippen LogP contribution >= 0.6 is 23.2 Å². The van der Waals surface area contributed by atoms with E-state index in [2.05, 4.69) is 27.7 Å². The summed E-state index contributed by atoms with van der Waals surface area (Å²) in [5.74, 6) is 0. The van der Waals surface area contributed by atoms with E-state index in [-0.39, 0.29) is 9.75 Å². The second-order valence-corrected chi connectivity index (χ2v) is 7.94. The first kappa shape index (κ1) is 20.6. The topological polar surface area (TPSA) is 0 Å². The SMILES string of the molecule is CCC(Cl)(CC)CCCCCCCCC(Cl)(CC)CC. The molecule has 0 unspecified atom stereocenters. The van der Waals surface area contributed by atoms with E-state index in [0.717, 1.165) is 25.7 Å². The van der Waals surface area contributed by atoms with Crippen molar-refractivity contribution < 1.29 is 0 Å². The highest BCUT2D eigenvalue weighted by Gasteiger charge is 2.22. The van der Waals surface area contributed by atoms with Crippen molar-refractivity contribution in [3.8, 4) is 0 Å².